The summed E-state index contributed by atoms with van der Waals surface area (Å²) in [4.78, 5) is 136. The zero-order chi connectivity index (χ0) is 86.2. The van der Waals surface area contributed by atoms with Crippen molar-refractivity contribution >= 4 is 90.8 Å². The van der Waals surface area contributed by atoms with Crippen LogP contribution in [0.5, 0.6) is 0 Å². The fourth-order valence-electron chi connectivity index (χ4n) is 13.9. The Morgan fingerprint density at radius 1 is 0.286 bits per heavy atom. The van der Waals surface area contributed by atoms with E-state index < -0.39 is 0 Å². The highest BCUT2D eigenvalue weighted by molar-refractivity contribution is 5.99. The van der Waals surface area contributed by atoms with Gasteiger partial charge in [-0.05, 0) is 129 Å². The molecule has 20 aromatic rings. The van der Waals surface area contributed by atoms with Gasteiger partial charge in [-0.2, -0.15) is 10.2 Å². The molecule has 0 spiro atoms. The molecule has 36 nitrogen and oxygen atoms in total. The van der Waals surface area contributed by atoms with Gasteiger partial charge >= 0.3 is 0 Å². The first-order valence-electron chi connectivity index (χ1n) is 39.1. The van der Waals surface area contributed by atoms with Crippen molar-refractivity contribution < 1.29 is 19.2 Å². The van der Waals surface area contributed by atoms with E-state index in [1.807, 2.05) is 159 Å². The molecule has 20 rings (SSSR count). The molecule has 4 N–H and O–H groups in total. The van der Waals surface area contributed by atoms with Gasteiger partial charge in [0.1, 0.15) is 79.1 Å². The van der Waals surface area contributed by atoms with Crippen molar-refractivity contribution in [3.8, 4) is 90.2 Å². The number of aryl methyl sites for hydroxylation is 4. The Labute approximate surface area is 716 Å². The molecule has 616 valence electrons. The molecule has 20 aromatic heterocycles. The Morgan fingerprint density at radius 3 is 1.07 bits per heavy atom. The fraction of sp³-hybridized carbons (Fsp3) is 0.0889. The molecule has 4 amide bonds. The number of carbonyl (C=O) groups excluding carboxylic acids is 4. The van der Waals surface area contributed by atoms with E-state index in [0.717, 1.165) is 134 Å². The Balaban J connectivity index is 0.000000119. The number of fused-ring (bicyclic) bond motifs is 4. The Morgan fingerprint density at radius 2 is 0.667 bits per heavy atom. The van der Waals surface area contributed by atoms with Crippen LogP contribution in [0.25, 0.3) is 134 Å². The number of nitrogens with zero attached hydrogens (tertiary/aromatic N) is 28. The molecular formula is C90H72N32O4. The molecule has 0 aliphatic rings. The lowest BCUT2D eigenvalue weighted by Gasteiger charge is -2.08. The number of anilines is 4. The highest BCUT2D eigenvalue weighted by Gasteiger charge is 2.20. The largest absolute Gasteiger partial charge is 0.338 e. The number of hydrogen-bond acceptors (Lipinski definition) is 26. The Bertz CT molecular complexity index is 6800. The van der Waals surface area contributed by atoms with Crippen LogP contribution in [-0.2, 0) is 59.5 Å². The minimum Gasteiger partial charge on any atom is -0.338 e. The summed E-state index contributed by atoms with van der Waals surface area (Å²) >= 11 is 0. The molecule has 0 fully saturated rings. The van der Waals surface area contributed by atoms with Crippen LogP contribution in [-0.4, -0.2) is 161 Å². The molecule has 20 heterocycles. The first kappa shape index (κ1) is 80.6. The number of amides is 4. The third kappa shape index (κ3) is 18.8. The van der Waals surface area contributed by atoms with E-state index in [-0.39, 0.29) is 49.8 Å². The predicted octanol–water partition coefficient (Wildman–Crippen LogP) is 12.4. The lowest BCUT2D eigenvalue weighted by Crippen LogP contribution is -2.19. The van der Waals surface area contributed by atoms with Gasteiger partial charge in [0.2, 0.25) is 23.6 Å². The molecular weight excluding hydrogens is 1590 g/mol. The van der Waals surface area contributed by atoms with Crippen molar-refractivity contribution in [1.29, 1.82) is 0 Å². The normalized spacial score (nSPS) is 11.0. The van der Waals surface area contributed by atoms with Crippen LogP contribution < -0.4 is 21.3 Å². The fourth-order valence-corrected chi connectivity index (χ4v) is 13.9. The van der Waals surface area contributed by atoms with Crippen molar-refractivity contribution in [2.24, 2.45) is 14.1 Å². The summed E-state index contributed by atoms with van der Waals surface area (Å²) in [6.07, 6.45) is 49.0. The highest BCUT2D eigenvalue weighted by Crippen LogP contribution is 2.33. The monoisotopic (exact) mass is 1660 g/mol. The maximum atomic E-state index is 12.7. The van der Waals surface area contributed by atoms with Crippen molar-refractivity contribution in [2.75, 3.05) is 21.3 Å². The van der Waals surface area contributed by atoms with E-state index in [2.05, 4.69) is 131 Å². The zero-order valence-corrected chi connectivity index (χ0v) is 67.7. The second-order valence-corrected chi connectivity index (χ2v) is 28.2. The van der Waals surface area contributed by atoms with Crippen molar-refractivity contribution in [2.45, 2.75) is 40.0 Å². The van der Waals surface area contributed by atoms with Crippen LogP contribution in [0.2, 0.25) is 0 Å². The average Bonchev–Trinajstić information content (AvgIpc) is 1.65. The Kier molecular flexibility index (Phi) is 23.8. The molecule has 0 atom stereocenters. The van der Waals surface area contributed by atoms with Crippen LogP contribution in [0, 0.1) is 13.8 Å². The van der Waals surface area contributed by atoms with Crippen LogP contribution >= 0.6 is 0 Å². The van der Waals surface area contributed by atoms with Gasteiger partial charge in [-0.1, -0.05) is 0 Å². The average molecular weight is 1670 g/mol. The first-order valence-corrected chi connectivity index (χ1v) is 39.1. The number of nitrogens with one attached hydrogen (secondary N) is 4. The second-order valence-electron chi connectivity index (χ2n) is 28.2. The van der Waals surface area contributed by atoms with Gasteiger partial charge in [0.15, 0.2) is 0 Å². The predicted molar refractivity (Wildman–Crippen MR) is 470 cm³/mol. The van der Waals surface area contributed by atoms with Crippen molar-refractivity contribution in [3.05, 3.63) is 307 Å². The van der Waals surface area contributed by atoms with Gasteiger partial charge < -0.3 is 39.5 Å². The van der Waals surface area contributed by atoms with Crippen LogP contribution in [0.1, 0.15) is 11.4 Å². The molecule has 0 unspecified atom stereocenters. The molecule has 0 saturated carbocycles. The zero-order valence-electron chi connectivity index (χ0n) is 67.7. The first-order chi connectivity index (χ1) is 61.7. The summed E-state index contributed by atoms with van der Waals surface area (Å²) < 4.78 is 10.9. The molecule has 126 heavy (non-hydrogen) atoms. The molecule has 0 aromatic carbocycles. The Hall–Kier alpha value is -17.9. The van der Waals surface area contributed by atoms with Crippen LogP contribution in [0.15, 0.2) is 295 Å². The molecule has 0 aliphatic carbocycles. The minimum atomic E-state index is -0.210. The van der Waals surface area contributed by atoms with Gasteiger partial charge in [-0.15, -0.1) is 0 Å². The SMILES string of the molecule is Cc1cc(-c2nccc3c2ccn3CC(=O)Nc2ccc(-c3cnccn3)cn2)ccn1.Cc1cc(-c2ncnc3c2ccn3CC(=O)Nc2ccc(-c3cnccn3)cn2)ccn1.Cn1nccc1-c1cncc2c1ccn2CC(=O)Nc1ccc(-c2cnccn2)cn1.Cn1nccc1-c1ncnc2c1ccn2CC(=O)Nc1ccc(-c2cnccn2)cn1. The van der Waals surface area contributed by atoms with Crippen LogP contribution in [0.3, 0.4) is 0 Å². The maximum Gasteiger partial charge on any atom is 0.245 e. The lowest BCUT2D eigenvalue weighted by molar-refractivity contribution is -0.117. The summed E-state index contributed by atoms with van der Waals surface area (Å²) in [7, 11) is 3.75. The minimum absolute atomic E-state index is 0.0962. The highest BCUT2D eigenvalue weighted by atomic mass is 16.2. The van der Waals surface area contributed by atoms with Crippen LogP contribution in [0.4, 0.5) is 23.3 Å². The maximum absolute atomic E-state index is 12.7. The van der Waals surface area contributed by atoms with E-state index >= 15 is 0 Å². The van der Waals surface area contributed by atoms with Gasteiger partial charge in [0.05, 0.1) is 87.6 Å². The quantitative estimate of drug-likeness (QED) is 0.0550. The summed E-state index contributed by atoms with van der Waals surface area (Å²) in [5.74, 6) is 1.11. The number of rotatable bonds is 20. The summed E-state index contributed by atoms with van der Waals surface area (Å²) in [6.45, 7) is 4.39. The number of hydrogen-bond donors (Lipinski definition) is 4. The van der Waals surface area contributed by atoms with E-state index in [1.54, 1.807) is 179 Å². The van der Waals surface area contributed by atoms with Crippen molar-refractivity contribution in [1.82, 2.24) is 138 Å². The van der Waals surface area contributed by atoms with Crippen molar-refractivity contribution in [3.63, 3.8) is 0 Å². The second kappa shape index (κ2) is 37.2. The number of aromatic nitrogens is 28. The van der Waals surface area contributed by atoms with E-state index in [0.29, 0.717) is 34.6 Å². The molecule has 0 bridgehead atoms. The topological polar surface area (TPSA) is 430 Å². The smallest absolute Gasteiger partial charge is 0.245 e. The van der Waals surface area contributed by atoms with Gasteiger partial charge in [-0.3, -0.25) is 88.3 Å². The van der Waals surface area contributed by atoms with Gasteiger partial charge in [0.25, 0.3) is 0 Å². The summed E-state index contributed by atoms with van der Waals surface area (Å²) in [5.41, 5.74) is 18.4. The molecule has 36 heteroatoms. The molecule has 0 saturated heterocycles. The van der Waals surface area contributed by atoms with E-state index in [9.17, 15) is 19.2 Å². The van der Waals surface area contributed by atoms with Gasteiger partial charge in [0, 0.05) is 222 Å². The number of pyridine rings is 8. The number of carbonyl (C=O) groups is 4. The molecule has 0 aliphatic heterocycles. The standard InChI is InChI=1S/C24H19N7O.C23H18N8O.C22H18N8O.C21H17N9O/c1-16-12-17(4-7-26-16)24-19-6-11-31(21(19)5-8-28-24)15-23(32)30-22-3-2-18(13-29-22)20-14-25-9-10-27-20;1-15-10-16(4-6-25-15)22-18-5-9-31(23(18)29-14-28-22)13-21(32)30-20-3-2-17(11-27-20)19-12-24-7-8-26-19;1-29-19(4-6-27-29)17-11-24-13-20-16(17)5-9-30(20)14-22(31)28-21-3-2-15(10-26-21)18-12-23-7-8-25-18;1-29-17(4-6-27-29)20-15-5-9-30(21(15)26-13-25-20)12-19(31)28-18-3-2-14(10-24-18)16-11-22-7-8-23-16/h2-14H,15H2,1H3,(H,29,30,32);2-12,14H,13H2,1H3,(H,27,30,32);2-13H,14H2,1H3,(H,26,28,31);2-11,13H,12H2,1H3,(H,24,28,31). The summed E-state index contributed by atoms with van der Waals surface area (Å²) in [5, 5.41) is 23.5. The summed E-state index contributed by atoms with van der Waals surface area (Å²) in [6, 6.07) is 35.7. The van der Waals surface area contributed by atoms with E-state index in [4.69, 9.17) is 0 Å². The lowest BCUT2D eigenvalue weighted by atomic mass is 10.1. The van der Waals surface area contributed by atoms with Gasteiger partial charge in [-0.25, -0.2) is 39.9 Å². The third-order valence-electron chi connectivity index (χ3n) is 19.8. The third-order valence-corrected chi connectivity index (χ3v) is 19.8. The molecule has 0 radical (unpaired) electrons. The van der Waals surface area contributed by atoms with E-state index in [1.165, 1.54) is 12.7 Å².